The number of carbonyl (C=O) groups is 1. The van der Waals surface area contributed by atoms with Gasteiger partial charge in [0.1, 0.15) is 19.0 Å². The van der Waals surface area contributed by atoms with Crippen molar-refractivity contribution in [2.45, 2.75) is 6.61 Å². The highest BCUT2D eigenvalue weighted by Crippen LogP contribution is 2.36. The fourth-order valence-corrected chi connectivity index (χ4v) is 2.55. The standard InChI is InChI=1S/C18H18N2O5/c1-23-16-9-14(18(21)20-7-8-24-12-20)15(19-22)10-17(16)25-11-13-5-3-2-4-6-13/h2-6,9-10H,7-8,11-12H2,1H3. The lowest BCUT2D eigenvalue weighted by atomic mass is 10.1. The van der Waals surface area contributed by atoms with Crippen molar-refractivity contribution in [1.82, 2.24) is 4.90 Å². The van der Waals surface area contributed by atoms with Gasteiger partial charge in [-0.3, -0.25) is 4.79 Å². The van der Waals surface area contributed by atoms with E-state index in [9.17, 15) is 9.70 Å². The first-order valence-corrected chi connectivity index (χ1v) is 7.82. The maximum Gasteiger partial charge on any atom is 0.258 e. The second-order valence-electron chi connectivity index (χ2n) is 5.49. The van der Waals surface area contributed by atoms with Crippen LogP contribution in [0.2, 0.25) is 0 Å². The Morgan fingerprint density at radius 3 is 2.68 bits per heavy atom. The van der Waals surface area contributed by atoms with E-state index in [2.05, 4.69) is 5.18 Å². The first-order valence-electron chi connectivity index (χ1n) is 7.82. The summed E-state index contributed by atoms with van der Waals surface area (Å²) in [5, 5.41) is 2.98. The van der Waals surface area contributed by atoms with Gasteiger partial charge in [0.25, 0.3) is 5.91 Å². The molecule has 0 radical (unpaired) electrons. The quantitative estimate of drug-likeness (QED) is 0.754. The van der Waals surface area contributed by atoms with Crippen LogP contribution in [0.5, 0.6) is 11.5 Å². The van der Waals surface area contributed by atoms with Gasteiger partial charge in [0.2, 0.25) is 0 Å². The zero-order valence-corrected chi connectivity index (χ0v) is 13.8. The van der Waals surface area contributed by atoms with Gasteiger partial charge in [0.05, 0.1) is 19.3 Å². The number of carbonyl (C=O) groups excluding carboxylic acids is 1. The Labute approximate surface area is 145 Å². The van der Waals surface area contributed by atoms with Crippen molar-refractivity contribution >= 4 is 11.6 Å². The van der Waals surface area contributed by atoms with Gasteiger partial charge in [-0.1, -0.05) is 30.3 Å². The van der Waals surface area contributed by atoms with Crippen LogP contribution >= 0.6 is 0 Å². The number of nitroso groups, excluding NO2 is 1. The molecule has 1 fully saturated rings. The molecule has 130 valence electrons. The summed E-state index contributed by atoms with van der Waals surface area (Å²) in [6.07, 6.45) is 0. The molecule has 1 heterocycles. The van der Waals surface area contributed by atoms with Crippen molar-refractivity contribution in [3.63, 3.8) is 0 Å². The van der Waals surface area contributed by atoms with E-state index in [1.165, 1.54) is 24.1 Å². The highest BCUT2D eigenvalue weighted by Gasteiger charge is 2.25. The minimum Gasteiger partial charge on any atom is -0.493 e. The van der Waals surface area contributed by atoms with E-state index in [4.69, 9.17) is 14.2 Å². The molecule has 0 saturated carbocycles. The minimum atomic E-state index is -0.319. The topological polar surface area (TPSA) is 77.4 Å². The number of benzene rings is 2. The molecule has 25 heavy (non-hydrogen) atoms. The van der Waals surface area contributed by atoms with Gasteiger partial charge in [0, 0.05) is 12.6 Å². The van der Waals surface area contributed by atoms with Crippen molar-refractivity contribution in [3.8, 4) is 11.5 Å². The molecule has 0 bridgehead atoms. The molecule has 1 amide bonds. The van der Waals surface area contributed by atoms with Crippen molar-refractivity contribution in [2.24, 2.45) is 5.18 Å². The fourth-order valence-electron chi connectivity index (χ4n) is 2.55. The third-order valence-electron chi connectivity index (χ3n) is 3.89. The molecule has 0 aliphatic carbocycles. The van der Waals surface area contributed by atoms with Crippen LogP contribution in [0.1, 0.15) is 15.9 Å². The number of hydrogen-bond acceptors (Lipinski definition) is 6. The van der Waals surface area contributed by atoms with Gasteiger partial charge in [-0.25, -0.2) is 0 Å². The summed E-state index contributed by atoms with van der Waals surface area (Å²) in [5.74, 6) is 0.405. The third kappa shape index (κ3) is 3.77. The summed E-state index contributed by atoms with van der Waals surface area (Å²) in [6.45, 7) is 1.46. The maximum atomic E-state index is 12.5. The maximum absolute atomic E-state index is 12.5. The van der Waals surface area contributed by atoms with Gasteiger partial charge in [-0.15, -0.1) is 4.91 Å². The predicted octanol–water partition coefficient (Wildman–Crippen LogP) is 3.10. The number of rotatable bonds is 6. The molecule has 0 spiro atoms. The Kier molecular flexibility index (Phi) is 5.25. The SMILES string of the molecule is COc1cc(C(=O)N2CCOC2)c(N=O)cc1OCc1ccccc1. The zero-order chi connectivity index (χ0) is 17.6. The lowest BCUT2D eigenvalue weighted by Gasteiger charge is -2.17. The van der Waals surface area contributed by atoms with E-state index in [0.717, 1.165) is 5.56 Å². The van der Waals surface area contributed by atoms with E-state index in [0.29, 0.717) is 31.3 Å². The van der Waals surface area contributed by atoms with Crippen LogP contribution in [0.25, 0.3) is 0 Å². The van der Waals surface area contributed by atoms with E-state index < -0.39 is 0 Å². The van der Waals surface area contributed by atoms with E-state index >= 15 is 0 Å². The molecule has 1 aliphatic rings. The molecule has 1 aliphatic heterocycles. The van der Waals surface area contributed by atoms with Crippen LogP contribution in [0.4, 0.5) is 5.69 Å². The largest absolute Gasteiger partial charge is 0.493 e. The van der Waals surface area contributed by atoms with Gasteiger partial charge >= 0.3 is 0 Å². The molecule has 2 aromatic carbocycles. The third-order valence-corrected chi connectivity index (χ3v) is 3.89. The predicted molar refractivity (Wildman–Crippen MR) is 91.1 cm³/mol. The van der Waals surface area contributed by atoms with Crippen molar-refractivity contribution in [2.75, 3.05) is 27.0 Å². The molecule has 0 unspecified atom stereocenters. The summed E-state index contributed by atoms with van der Waals surface area (Å²) in [7, 11) is 1.48. The zero-order valence-electron chi connectivity index (χ0n) is 13.8. The highest BCUT2D eigenvalue weighted by atomic mass is 16.5. The average Bonchev–Trinajstić information content (AvgIpc) is 3.20. The van der Waals surface area contributed by atoms with Crippen LogP contribution in [0, 0.1) is 4.91 Å². The number of ether oxygens (including phenoxy) is 3. The minimum absolute atomic E-state index is 0.0146. The van der Waals surface area contributed by atoms with Crippen LogP contribution < -0.4 is 9.47 Å². The summed E-state index contributed by atoms with van der Waals surface area (Å²) in [6, 6.07) is 12.5. The summed E-state index contributed by atoms with van der Waals surface area (Å²) >= 11 is 0. The van der Waals surface area contributed by atoms with Crippen LogP contribution in [-0.2, 0) is 11.3 Å². The molecule has 2 aromatic rings. The van der Waals surface area contributed by atoms with Gasteiger partial charge < -0.3 is 19.1 Å². The summed E-state index contributed by atoms with van der Waals surface area (Å²) in [4.78, 5) is 25.3. The molecule has 0 aromatic heterocycles. The fraction of sp³-hybridized carbons (Fsp3) is 0.278. The van der Waals surface area contributed by atoms with Crippen LogP contribution in [0.3, 0.4) is 0 Å². The second kappa shape index (κ2) is 7.76. The normalized spacial score (nSPS) is 13.6. The monoisotopic (exact) mass is 342 g/mol. The molecule has 0 atom stereocenters. The molecule has 3 rings (SSSR count). The number of hydrogen-bond donors (Lipinski definition) is 0. The Morgan fingerprint density at radius 1 is 1.24 bits per heavy atom. The van der Waals surface area contributed by atoms with Crippen LogP contribution in [-0.4, -0.2) is 37.8 Å². The Morgan fingerprint density at radius 2 is 2.04 bits per heavy atom. The van der Waals surface area contributed by atoms with Gasteiger partial charge in [0.15, 0.2) is 11.5 Å². The second-order valence-corrected chi connectivity index (χ2v) is 5.49. The smallest absolute Gasteiger partial charge is 0.258 e. The van der Waals surface area contributed by atoms with Gasteiger partial charge in [-0.05, 0) is 16.8 Å². The van der Waals surface area contributed by atoms with E-state index in [1.54, 1.807) is 0 Å². The van der Waals surface area contributed by atoms with Crippen molar-refractivity contribution in [3.05, 3.63) is 58.5 Å². The van der Waals surface area contributed by atoms with Crippen LogP contribution in [0.15, 0.2) is 47.6 Å². The number of nitrogens with zero attached hydrogens (tertiary/aromatic N) is 2. The molecule has 7 nitrogen and oxygen atoms in total. The van der Waals surface area contributed by atoms with Crippen molar-refractivity contribution in [1.29, 1.82) is 0 Å². The average molecular weight is 342 g/mol. The summed E-state index contributed by atoms with van der Waals surface area (Å²) < 4.78 is 16.2. The summed E-state index contributed by atoms with van der Waals surface area (Å²) in [5.41, 5.74) is 1.16. The van der Waals surface area contributed by atoms with Gasteiger partial charge in [-0.2, -0.15) is 0 Å². The molecular formula is C18H18N2O5. The lowest BCUT2D eigenvalue weighted by molar-refractivity contribution is 0.0695. The number of methoxy groups -OCH3 is 1. The highest BCUT2D eigenvalue weighted by molar-refractivity contribution is 6.00. The van der Waals surface area contributed by atoms with E-state index in [-0.39, 0.29) is 23.9 Å². The Balaban J connectivity index is 1.86. The molecule has 0 N–H and O–H groups in total. The first-order chi connectivity index (χ1) is 12.2. The lowest BCUT2D eigenvalue weighted by Crippen LogP contribution is -2.28. The molecule has 1 saturated heterocycles. The number of amides is 1. The molecule has 7 heteroatoms. The Bertz CT molecular complexity index is 758. The first kappa shape index (κ1) is 16.9. The molecular weight excluding hydrogens is 324 g/mol. The van der Waals surface area contributed by atoms with E-state index in [1.807, 2.05) is 30.3 Å². The van der Waals surface area contributed by atoms with Crippen molar-refractivity contribution < 1.29 is 19.0 Å². The Hall–Kier alpha value is -2.93.